The Morgan fingerprint density at radius 2 is 2.05 bits per heavy atom. The van der Waals surface area contributed by atoms with Crippen LogP contribution in [0.15, 0.2) is 23.1 Å². The number of ether oxygens (including phenoxy) is 1. The summed E-state index contributed by atoms with van der Waals surface area (Å²) in [6.45, 7) is 4.42. The minimum Gasteiger partial charge on any atom is -0.496 e. The van der Waals surface area contributed by atoms with E-state index in [-0.39, 0.29) is 16.8 Å². The smallest absolute Gasteiger partial charge is 0.243 e. The third kappa shape index (κ3) is 3.71. The second-order valence-electron chi connectivity index (χ2n) is 5.72. The number of rotatable bonds is 7. The molecule has 0 bridgehead atoms. The summed E-state index contributed by atoms with van der Waals surface area (Å²) in [4.78, 5) is 0.285. The highest BCUT2D eigenvalue weighted by molar-refractivity contribution is 7.89. The van der Waals surface area contributed by atoms with E-state index in [0.29, 0.717) is 23.8 Å². The maximum absolute atomic E-state index is 12.8. The number of methoxy groups -OCH3 is 1. The highest BCUT2D eigenvalue weighted by atomic mass is 35.5. The molecule has 0 aromatic heterocycles. The first-order valence-corrected chi connectivity index (χ1v) is 9.12. The van der Waals surface area contributed by atoms with Crippen LogP contribution in [0.25, 0.3) is 0 Å². The molecule has 21 heavy (non-hydrogen) atoms. The third-order valence-corrected chi connectivity index (χ3v) is 6.04. The molecular weight excluding hydrogens is 310 g/mol. The van der Waals surface area contributed by atoms with Crippen molar-refractivity contribution >= 4 is 21.6 Å². The Hall–Kier alpha value is -0.780. The number of hydrogen-bond donors (Lipinski definition) is 0. The highest BCUT2D eigenvalue weighted by Gasteiger charge is 2.33. The predicted molar refractivity (Wildman–Crippen MR) is 84.3 cm³/mol. The van der Waals surface area contributed by atoms with Gasteiger partial charge >= 0.3 is 0 Å². The van der Waals surface area contributed by atoms with Crippen molar-refractivity contribution < 1.29 is 13.2 Å². The molecule has 0 heterocycles. The van der Waals surface area contributed by atoms with Gasteiger partial charge < -0.3 is 4.74 Å². The van der Waals surface area contributed by atoms with Gasteiger partial charge in [-0.1, -0.05) is 0 Å². The fraction of sp³-hybridized carbons (Fsp3) is 0.600. The summed E-state index contributed by atoms with van der Waals surface area (Å²) in [6, 6.07) is 4.81. The third-order valence-electron chi connectivity index (χ3n) is 3.71. The molecule has 1 fully saturated rings. The van der Waals surface area contributed by atoms with Gasteiger partial charge in [0.05, 0.1) is 17.9 Å². The van der Waals surface area contributed by atoms with Gasteiger partial charge in [0.1, 0.15) is 5.75 Å². The second-order valence-corrected chi connectivity index (χ2v) is 7.88. The second kappa shape index (κ2) is 6.55. The standard InChI is InChI=1S/C15H22ClNO3S/c1-11(2)17(10-12-4-5-12)21(18,19)14-6-7-15(20-3)13(8-14)9-16/h6-8,11-12H,4-5,9-10H2,1-3H3. The van der Waals surface area contributed by atoms with E-state index in [4.69, 9.17) is 16.3 Å². The van der Waals surface area contributed by atoms with Crippen LogP contribution in [0.2, 0.25) is 0 Å². The lowest BCUT2D eigenvalue weighted by Crippen LogP contribution is -2.38. The van der Waals surface area contributed by atoms with E-state index < -0.39 is 10.0 Å². The molecule has 1 aliphatic carbocycles. The van der Waals surface area contributed by atoms with E-state index in [2.05, 4.69) is 0 Å². The van der Waals surface area contributed by atoms with Crippen molar-refractivity contribution in [1.82, 2.24) is 4.31 Å². The first-order valence-electron chi connectivity index (χ1n) is 7.15. The fourth-order valence-corrected chi connectivity index (χ4v) is 4.27. The molecule has 1 saturated carbocycles. The van der Waals surface area contributed by atoms with Crippen molar-refractivity contribution in [3.05, 3.63) is 23.8 Å². The fourth-order valence-electron chi connectivity index (χ4n) is 2.30. The number of sulfonamides is 1. The molecule has 118 valence electrons. The number of hydrogen-bond acceptors (Lipinski definition) is 3. The average Bonchev–Trinajstić information content (AvgIpc) is 3.27. The Balaban J connectivity index is 2.36. The van der Waals surface area contributed by atoms with Crippen molar-refractivity contribution in [2.45, 2.75) is 43.5 Å². The van der Waals surface area contributed by atoms with E-state index in [1.165, 1.54) is 0 Å². The van der Waals surface area contributed by atoms with Gasteiger partial charge in [-0.3, -0.25) is 0 Å². The Kier molecular flexibility index (Phi) is 5.17. The predicted octanol–water partition coefficient (Wildman–Crippen LogP) is 3.24. The van der Waals surface area contributed by atoms with Crippen LogP contribution in [0, 0.1) is 5.92 Å². The minimum absolute atomic E-state index is 0.0582. The zero-order chi connectivity index (χ0) is 15.6. The number of benzene rings is 1. The summed E-state index contributed by atoms with van der Waals surface area (Å²) < 4.78 is 32.5. The Morgan fingerprint density at radius 1 is 1.38 bits per heavy atom. The molecule has 0 amide bonds. The summed E-state index contributed by atoms with van der Waals surface area (Å²) >= 11 is 5.88. The van der Waals surface area contributed by atoms with Crippen molar-refractivity contribution in [2.24, 2.45) is 5.92 Å². The lowest BCUT2D eigenvalue weighted by Gasteiger charge is -2.26. The maximum Gasteiger partial charge on any atom is 0.243 e. The molecule has 0 saturated heterocycles. The number of nitrogens with zero attached hydrogens (tertiary/aromatic N) is 1. The van der Waals surface area contributed by atoms with Crippen molar-refractivity contribution in [2.75, 3.05) is 13.7 Å². The van der Waals surface area contributed by atoms with Crippen LogP contribution in [0.1, 0.15) is 32.3 Å². The molecule has 0 unspecified atom stereocenters. The zero-order valence-corrected chi connectivity index (χ0v) is 14.2. The molecule has 0 aliphatic heterocycles. The van der Waals surface area contributed by atoms with Crippen LogP contribution in [0.5, 0.6) is 5.75 Å². The summed E-state index contributed by atoms with van der Waals surface area (Å²) in [6.07, 6.45) is 2.24. The van der Waals surface area contributed by atoms with Crippen molar-refractivity contribution in [3.63, 3.8) is 0 Å². The van der Waals surface area contributed by atoms with Gasteiger partial charge in [0.2, 0.25) is 10.0 Å². The van der Waals surface area contributed by atoms with Gasteiger partial charge in [0.25, 0.3) is 0 Å². The SMILES string of the molecule is COc1ccc(S(=O)(=O)N(CC2CC2)C(C)C)cc1CCl. The van der Waals surface area contributed by atoms with Gasteiger partial charge in [0, 0.05) is 18.2 Å². The number of halogens is 1. The van der Waals surface area contributed by atoms with Gasteiger partial charge in [-0.15, -0.1) is 11.6 Å². The van der Waals surface area contributed by atoms with Crippen LogP contribution < -0.4 is 4.74 Å². The monoisotopic (exact) mass is 331 g/mol. The molecule has 0 spiro atoms. The highest BCUT2D eigenvalue weighted by Crippen LogP contribution is 2.33. The Labute approximate surface area is 132 Å². The molecule has 0 radical (unpaired) electrons. The molecule has 0 atom stereocenters. The lowest BCUT2D eigenvalue weighted by atomic mass is 10.2. The van der Waals surface area contributed by atoms with Crippen molar-refractivity contribution in [3.8, 4) is 5.75 Å². The first-order chi connectivity index (χ1) is 9.90. The Bertz CT molecular complexity index is 597. The summed E-state index contributed by atoms with van der Waals surface area (Å²) in [5, 5.41) is 0. The largest absolute Gasteiger partial charge is 0.496 e. The van der Waals surface area contributed by atoms with Crippen LogP contribution >= 0.6 is 11.6 Å². The van der Waals surface area contributed by atoms with E-state index in [1.807, 2.05) is 13.8 Å². The molecular formula is C15H22ClNO3S. The van der Waals surface area contributed by atoms with E-state index >= 15 is 0 Å². The molecule has 1 aromatic carbocycles. The van der Waals surface area contributed by atoms with Gasteiger partial charge in [-0.2, -0.15) is 4.31 Å². The summed E-state index contributed by atoms with van der Waals surface area (Å²) in [5.74, 6) is 1.34. The summed E-state index contributed by atoms with van der Waals surface area (Å²) in [5.41, 5.74) is 0.690. The van der Waals surface area contributed by atoms with E-state index in [1.54, 1.807) is 29.6 Å². The van der Waals surface area contributed by atoms with E-state index in [0.717, 1.165) is 12.8 Å². The van der Waals surface area contributed by atoms with Gasteiger partial charge in [0.15, 0.2) is 0 Å². The van der Waals surface area contributed by atoms with E-state index in [9.17, 15) is 8.42 Å². The van der Waals surface area contributed by atoms with Crippen LogP contribution in [0.4, 0.5) is 0 Å². The lowest BCUT2D eigenvalue weighted by molar-refractivity contribution is 0.341. The Morgan fingerprint density at radius 3 is 2.52 bits per heavy atom. The normalized spacial score (nSPS) is 15.7. The quantitative estimate of drug-likeness (QED) is 0.720. The molecule has 2 rings (SSSR count). The van der Waals surface area contributed by atoms with Crippen LogP contribution in [-0.4, -0.2) is 32.4 Å². The maximum atomic E-state index is 12.8. The molecule has 1 aromatic rings. The summed E-state index contributed by atoms with van der Waals surface area (Å²) in [7, 11) is -1.95. The van der Waals surface area contributed by atoms with Crippen LogP contribution in [-0.2, 0) is 15.9 Å². The topological polar surface area (TPSA) is 46.6 Å². The zero-order valence-electron chi connectivity index (χ0n) is 12.7. The number of alkyl halides is 1. The minimum atomic E-state index is -3.49. The molecule has 6 heteroatoms. The van der Waals surface area contributed by atoms with Crippen LogP contribution in [0.3, 0.4) is 0 Å². The first kappa shape index (κ1) is 16.6. The van der Waals surface area contributed by atoms with Crippen molar-refractivity contribution in [1.29, 1.82) is 0 Å². The average molecular weight is 332 g/mol. The molecule has 0 N–H and O–H groups in total. The molecule has 4 nitrogen and oxygen atoms in total. The van der Waals surface area contributed by atoms with Gasteiger partial charge in [-0.05, 0) is 50.8 Å². The van der Waals surface area contributed by atoms with Gasteiger partial charge in [-0.25, -0.2) is 8.42 Å². The molecule has 1 aliphatic rings.